The minimum Gasteiger partial charge on any atom is -0.492 e. The molecule has 0 aliphatic rings. The summed E-state index contributed by atoms with van der Waals surface area (Å²) in [6.45, 7) is 2.18. The summed E-state index contributed by atoms with van der Waals surface area (Å²) in [6.07, 6.45) is -1.75. The summed E-state index contributed by atoms with van der Waals surface area (Å²) >= 11 is 0. The molecule has 0 unspecified atom stereocenters. The number of carbonyl (C=O) groups excluding carboxylic acids is 1. The smallest absolute Gasteiger partial charge is 0.416 e. The number of hydrogen-bond donors (Lipinski definition) is 0. The largest absolute Gasteiger partial charge is 0.492 e. The first-order valence-electron chi connectivity index (χ1n) is 6.21. The molecule has 0 atom stereocenters. The maximum atomic E-state index is 12.7. The van der Waals surface area contributed by atoms with E-state index in [2.05, 4.69) is 4.98 Å². The van der Waals surface area contributed by atoms with Crippen LogP contribution in [0.25, 0.3) is 0 Å². The van der Waals surface area contributed by atoms with Crippen molar-refractivity contribution in [3.63, 3.8) is 0 Å². The molecule has 0 aliphatic heterocycles. The lowest BCUT2D eigenvalue weighted by Gasteiger charge is -2.09. The molecule has 2 rings (SSSR count). The zero-order valence-corrected chi connectivity index (χ0v) is 11.1. The molecule has 2 aromatic rings. The first kappa shape index (κ1) is 15.0. The van der Waals surface area contributed by atoms with E-state index < -0.39 is 17.5 Å². The van der Waals surface area contributed by atoms with Gasteiger partial charge in [-0.05, 0) is 25.1 Å². The molecule has 3 nitrogen and oxygen atoms in total. The Kier molecular flexibility index (Phi) is 4.26. The Morgan fingerprint density at radius 1 is 1.19 bits per heavy atom. The van der Waals surface area contributed by atoms with Crippen LogP contribution in [0.15, 0.2) is 42.7 Å². The van der Waals surface area contributed by atoms with Gasteiger partial charge in [0.25, 0.3) is 0 Å². The molecule has 1 aromatic heterocycles. The van der Waals surface area contributed by atoms with Gasteiger partial charge in [0.1, 0.15) is 5.75 Å². The number of nitrogens with zero attached hydrogens (tertiary/aromatic N) is 1. The molecular weight excluding hydrogens is 283 g/mol. The Morgan fingerprint density at radius 3 is 2.62 bits per heavy atom. The zero-order chi connectivity index (χ0) is 15.5. The molecule has 110 valence electrons. The number of rotatable bonds is 4. The normalized spacial score (nSPS) is 11.2. The van der Waals surface area contributed by atoms with Gasteiger partial charge in [0.2, 0.25) is 0 Å². The predicted molar refractivity (Wildman–Crippen MR) is 70.3 cm³/mol. The summed E-state index contributed by atoms with van der Waals surface area (Å²) in [6, 6.07) is 5.75. The summed E-state index contributed by atoms with van der Waals surface area (Å²) in [7, 11) is 0. The molecule has 0 N–H and O–H groups in total. The van der Waals surface area contributed by atoms with E-state index >= 15 is 0 Å². The zero-order valence-electron chi connectivity index (χ0n) is 11.1. The van der Waals surface area contributed by atoms with Gasteiger partial charge in [-0.3, -0.25) is 9.78 Å². The summed E-state index contributed by atoms with van der Waals surface area (Å²) in [5.41, 5.74) is -0.720. The van der Waals surface area contributed by atoms with E-state index in [0.717, 1.165) is 12.1 Å². The number of ether oxygens (including phenoxy) is 1. The van der Waals surface area contributed by atoms with E-state index in [4.69, 9.17) is 4.74 Å². The quantitative estimate of drug-likeness (QED) is 0.807. The van der Waals surface area contributed by atoms with E-state index in [1.54, 1.807) is 6.92 Å². The first-order chi connectivity index (χ1) is 9.91. The highest BCUT2D eigenvalue weighted by molar-refractivity contribution is 6.09. The van der Waals surface area contributed by atoms with Gasteiger partial charge in [-0.2, -0.15) is 13.2 Å². The Balaban J connectivity index is 2.34. The molecule has 0 radical (unpaired) electrons. The fourth-order valence-corrected chi connectivity index (χ4v) is 1.79. The molecule has 0 saturated carbocycles. The minimum atomic E-state index is -4.48. The van der Waals surface area contributed by atoms with Crippen LogP contribution in [0.4, 0.5) is 13.2 Å². The van der Waals surface area contributed by atoms with Gasteiger partial charge in [-0.25, -0.2) is 0 Å². The highest BCUT2D eigenvalue weighted by Crippen LogP contribution is 2.30. The van der Waals surface area contributed by atoms with Crippen LogP contribution in [0.2, 0.25) is 0 Å². The van der Waals surface area contributed by atoms with Gasteiger partial charge < -0.3 is 4.74 Å². The lowest BCUT2D eigenvalue weighted by atomic mass is 10.0. The van der Waals surface area contributed by atoms with Crippen molar-refractivity contribution in [2.45, 2.75) is 13.1 Å². The van der Waals surface area contributed by atoms with Gasteiger partial charge in [0.15, 0.2) is 5.78 Å². The second-order valence-electron chi connectivity index (χ2n) is 4.25. The molecular formula is C15H12F3NO2. The third-order valence-corrected chi connectivity index (χ3v) is 2.74. The average molecular weight is 295 g/mol. The number of benzene rings is 1. The van der Waals surface area contributed by atoms with E-state index in [1.165, 1.54) is 30.6 Å². The SMILES string of the molecule is CCOc1cncc(C(=O)c2cccc(C(F)(F)F)c2)c1. The number of carbonyl (C=O) groups is 1. The minimum absolute atomic E-state index is 0.0414. The molecule has 0 fully saturated rings. The average Bonchev–Trinajstić information content (AvgIpc) is 2.46. The Labute approximate surface area is 119 Å². The van der Waals surface area contributed by atoms with Crippen molar-refractivity contribution in [2.24, 2.45) is 0 Å². The highest BCUT2D eigenvalue weighted by atomic mass is 19.4. The molecule has 0 spiro atoms. The van der Waals surface area contributed by atoms with Gasteiger partial charge in [-0.1, -0.05) is 12.1 Å². The summed E-state index contributed by atoms with van der Waals surface area (Å²) in [5.74, 6) is -0.134. The topological polar surface area (TPSA) is 39.2 Å². The molecule has 1 aromatic carbocycles. The van der Waals surface area contributed by atoms with E-state index in [-0.39, 0.29) is 11.1 Å². The molecule has 0 bridgehead atoms. The van der Waals surface area contributed by atoms with Crippen molar-refractivity contribution in [1.29, 1.82) is 0 Å². The van der Waals surface area contributed by atoms with E-state index in [0.29, 0.717) is 12.4 Å². The number of ketones is 1. The van der Waals surface area contributed by atoms with Crippen LogP contribution in [-0.4, -0.2) is 17.4 Å². The van der Waals surface area contributed by atoms with Crippen LogP contribution in [-0.2, 0) is 6.18 Å². The number of pyridine rings is 1. The highest BCUT2D eigenvalue weighted by Gasteiger charge is 2.31. The molecule has 0 aliphatic carbocycles. The fourth-order valence-electron chi connectivity index (χ4n) is 1.79. The van der Waals surface area contributed by atoms with Crippen molar-refractivity contribution < 1.29 is 22.7 Å². The van der Waals surface area contributed by atoms with Crippen LogP contribution in [0.3, 0.4) is 0 Å². The third kappa shape index (κ3) is 3.59. The molecule has 6 heteroatoms. The van der Waals surface area contributed by atoms with Gasteiger partial charge >= 0.3 is 6.18 Å². The summed E-state index contributed by atoms with van der Waals surface area (Å²) in [4.78, 5) is 16.1. The fraction of sp³-hybridized carbons (Fsp3) is 0.200. The van der Waals surface area contributed by atoms with Crippen LogP contribution >= 0.6 is 0 Å². The van der Waals surface area contributed by atoms with Crippen LogP contribution < -0.4 is 4.74 Å². The molecule has 1 heterocycles. The van der Waals surface area contributed by atoms with Crippen molar-refractivity contribution in [1.82, 2.24) is 4.98 Å². The predicted octanol–water partition coefficient (Wildman–Crippen LogP) is 3.73. The third-order valence-electron chi connectivity index (χ3n) is 2.74. The van der Waals surface area contributed by atoms with E-state index in [9.17, 15) is 18.0 Å². The number of aromatic nitrogens is 1. The maximum absolute atomic E-state index is 12.7. The number of alkyl halides is 3. The molecule has 0 amide bonds. The van der Waals surface area contributed by atoms with Gasteiger partial charge in [0.05, 0.1) is 18.4 Å². The summed E-state index contributed by atoms with van der Waals surface area (Å²) < 4.78 is 43.2. The second kappa shape index (κ2) is 5.95. The van der Waals surface area contributed by atoms with Crippen molar-refractivity contribution in [3.05, 3.63) is 59.4 Å². The lowest BCUT2D eigenvalue weighted by molar-refractivity contribution is -0.137. The number of halogens is 3. The Morgan fingerprint density at radius 2 is 1.95 bits per heavy atom. The van der Waals surface area contributed by atoms with Crippen molar-refractivity contribution >= 4 is 5.78 Å². The lowest BCUT2D eigenvalue weighted by Crippen LogP contribution is -2.08. The maximum Gasteiger partial charge on any atom is 0.416 e. The van der Waals surface area contributed by atoms with Crippen LogP contribution in [0, 0.1) is 0 Å². The van der Waals surface area contributed by atoms with Crippen LogP contribution in [0.5, 0.6) is 5.75 Å². The number of hydrogen-bond acceptors (Lipinski definition) is 3. The monoisotopic (exact) mass is 295 g/mol. The Bertz CT molecular complexity index is 653. The Hall–Kier alpha value is -2.37. The van der Waals surface area contributed by atoms with Crippen molar-refractivity contribution in [2.75, 3.05) is 6.61 Å². The standard InChI is InChI=1S/C15H12F3NO2/c1-2-21-13-7-11(8-19-9-13)14(20)10-4-3-5-12(6-10)15(16,17)18/h3-9H,2H2,1H3. The molecule has 21 heavy (non-hydrogen) atoms. The summed E-state index contributed by atoms with van der Waals surface area (Å²) in [5, 5.41) is 0. The molecule has 0 saturated heterocycles. The van der Waals surface area contributed by atoms with Gasteiger partial charge in [-0.15, -0.1) is 0 Å². The first-order valence-corrected chi connectivity index (χ1v) is 6.21. The van der Waals surface area contributed by atoms with Crippen molar-refractivity contribution in [3.8, 4) is 5.75 Å². The second-order valence-corrected chi connectivity index (χ2v) is 4.25. The van der Waals surface area contributed by atoms with Crippen LogP contribution in [0.1, 0.15) is 28.4 Å². The van der Waals surface area contributed by atoms with Gasteiger partial charge in [0, 0.05) is 17.3 Å². The van der Waals surface area contributed by atoms with E-state index in [1.807, 2.05) is 0 Å².